The Bertz CT molecular complexity index is 655. The van der Waals surface area contributed by atoms with Crippen LogP contribution in [0, 0.1) is 5.92 Å². The van der Waals surface area contributed by atoms with E-state index in [0.29, 0.717) is 5.92 Å². The van der Waals surface area contributed by atoms with Crippen molar-refractivity contribution >= 4 is 0 Å². The van der Waals surface area contributed by atoms with Gasteiger partial charge in [0.05, 0.1) is 11.4 Å². The summed E-state index contributed by atoms with van der Waals surface area (Å²) in [5.74, 6) is 0.620. The summed E-state index contributed by atoms with van der Waals surface area (Å²) >= 11 is 0. The first-order chi connectivity index (χ1) is 9.38. The Hall–Kier alpha value is -2.22. The summed E-state index contributed by atoms with van der Waals surface area (Å²) in [4.78, 5) is 0. The predicted molar refractivity (Wildman–Crippen MR) is 75.5 cm³/mol. The van der Waals surface area contributed by atoms with Crippen molar-refractivity contribution in [3.8, 4) is 11.3 Å². The highest BCUT2D eigenvalue weighted by Gasteiger charge is 2.54. The average molecular weight is 246 g/mol. The van der Waals surface area contributed by atoms with Gasteiger partial charge in [-0.3, -0.25) is 0 Å². The zero-order chi connectivity index (χ0) is 12.7. The van der Waals surface area contributed by atoms with Gasteiger partial charge in [-0.1, -0.05) is 54.6 Å². The Morgan fingerprint density at radius 1 is 0.947 bits per heavy atom. The van der Waals surface area contributed by atoms with Crippen LogP contribution in [0.15, 0.2) is 66.8 Å². The van der Waals surface area contributed by atoms with Gasteiger partial charge in [0.25, 0.3) is 0 Å². The van der Waals surface area contributed by atoms with E-state index in [1.807, 2.05) is 18.2 Å². The maximum atomic E-state index is 4.46. The summed E-state index contributed by atoms with van der Waals surface area (Å²) in [6, 6.07) is 14.4. The summed E-state index contributed by atoms with van der Waals surface area (Å²) in [5, 5.41) is 8.85. The number of allylic oxidation sites excluding steroid dienone is 4. The van der Waals surface area contributed by atoms with Gasteiger partial charge in [-0.2, -0.15) is 10.2 Å². The van der Waals surface area contributed by atoms with Crippen LogP contribution in [0.1, 0.15) is 12.1 Å². The average Bonchev–Trinajstić information content (AvgIpc) is 3.24. The van der Waals surface area contributed by atoms with Crippen LogP contribution in [0.2, 0.25) is 0 Å². The third-order valence-corrected chi connectivity index (χ3v) is 4.12. The molecule has 2 unspecified atom stereocenters. The molecular weight excluding hydrogens is 232 g/mol. The van der Waals surface area contributed by atoms with Crippen LogP contribution in [0.3, 0.4) is 0 Å². The number of aromatic nitrogens is 2. The number of fused-ring (bicyclic) bond motifs is 1. The van der Waals surface area contributed by atoms with E-state index in [9.17, 15) is 0 Å². The fraction of sp³-hybridized carbons (Fsp3) is 0.176. The highest BCUT2D eigenvalue weighted by Crippen LogP contribution is 2.56. The molecule has 2 heteroatoms. The Balaban J connectivity index is 1.68. The molecule has 1 aromatic carbocycles. The molecule has 0 saturated heterocycles. The van der Waals surface area contributed by atoms with Crippen molar-refractivity contribution < 1.29 is 0 Å². The molecule has 0 spiro atoms. The van der Waals surface area contributed by atoms with Crippen molar-refractivity contribution in [2.45, 2.75) is 11.8 Å². The fourth-order valence-corrected chi connectivity index (χ4v) is 2.89. The molecule has 1 fully saturated rings. The number of hydrogen-bond acceptors (Lipinski definition) is 2. The van der Waals surface area contributed by atoms with E-state index in [1.165, 1.54) is 6.42 Å². The van der Waals surface area contributed by atoms with Crippen molar-refractivity contribution in [2.24, 2.45) is 5.92 Å². The first-order valence-corrected chi connectivity index (χ1v) is 6.64. The van der Waals surface area contributed by atoms with Crippen LogP contribution in [0.4, 0.5) is 0 Å². The number of benzene rings is 1. The first-order valence-electron chi connectivity index (χ1n) is 6.64. The van der Waals surface area contributed by atoms with Crippen LogP contribution in [0.5, 0.6) is 0 Å². The molecule has 19 heavy (non-hydrogen) atoms. The van der Waals surface area contributed by atoms with Gasteiger partial charge in [0.15, 0.2) is 0 Å². The molecule has 2 nitrogen and oxygen atoms in total. The highest BCUT2D eigenvalue weighted by atomic mass is 15.1. The Morgan fingerprint density at radius 2 is 1.84 bits per heavy atom. The molecule has 2 aliphatic carbocycles. The fourth-order valence-electron chi connectivity index (χ4n) is 2.89. The monoisotopic (exact) mass is 246 g/mol. The van der Waals surface area contributed by atoms with E-state index < -0.39 is 0 Å². The van der Waals surface area contributed by atoms with Gasteiger partial charge in [0.2, 0.25) is 0 Å². The molecule has 4 rings (SSSR count). The Kier molecular flexibility index (Phi) is 2.18. The van der Waals surface area contributed by atoms with Crippen LogP contribution in [0.25, 0.3) is 11.3 Å². The third-order valence-electron chi connectivity index (χ3n) is 4.12. The molecule has 1 aromatic heterocycles. The molecule has 1 saturated carbocycles. The molecule has 2 atom stereocenters. The molecule has 0 N–H and O–H groups in total. The van der Waals surface area contributed by atoms with Crippen LogP contribution < -0.4 is 0 Å². The van der Waals surface area contributed by atoms with E-state index in [-0.39, 0.29) is 5.41 Å². The lowest BCUT2D eigenvalue weighted by molar-refractivity contribution is 0.751. The second-order valence-electron chi connectivity index (χ2n) is 5.26. The lowest BCUT2D eigenvalue weighted by atomic mass is 9.95. The van der Waals surface area contributed by atoms with E-state index in [0.717, 1.165) is 17.0 Å². The molecule has 0 aliphatic heterocycles. The molecule has 0 amide bonds. The number of hydrogen-bond donors (Lipinski definition) is 0. The zero-order valence-electron chi connectivity index (χ0n) is 10.5. The summed E-state index contributed by atoms with van der Waals surface area (Å²) in [6.45, 7) is 0. The van der Waals surface area contributed by atoms with Crippen LogP contribution in [-0.4, -0.2) is 10.2 Å². The van der Waals surface area contributed by atoms with E-state index >= 15 is 0 Å². The minimum absolute atomic E-state index is 0.136. The topological polar surface area (TPSA) is 25.8 Å². The molecule has 2 aromatic rings. The maximum Gasteiger partial charge on any atom is 0.0929 e. The van der Waals surface area contributed by atoms with Gasteiger partial charge in [0, 0.05) is 11.0 Å². The number of nitrogens with zero attached hydrogens (tertiary/aromatic N) is 2. The largest absolute Gasteiger partial charge is 0.154 e. The minimum Gasteiger partial charge on any atom is -0.154 e. The van der Waals surface area contributed by atoms with E-state index in [2.05, 4.69) is 58.8 Å². The van der Waals surface area contributed by atoms with E-state index in [1.54, 1.807) is 0 Å². The summed E-state index contributed by atoms with van der Waals surface area (Å²) in [6.07, 6.45) is 9.95. The highest BCUT2D eigenvalue weighted by molar-refractivity contribution is 5.58. The molecular formula is C17H14N2. The summed E-state index contributed by atoms with van der Waals surface area (Å²) in [5.41, 5.74) is 3.29. The van der Waals surface area contributed by atoms with Crippen molar-refractivity contribution in [3.05, 3.63) is 72.5 Å². The van der Waals surface area contributed by atoms with Crippen molar-refractivity contribution in [3.63, 3.8) is 0 Å². The summed E-state index contributed by atoms with van der Waals surface area (Å²) < 4.78 is 0. The van der Waals surface area contributed by atoms with E-state index in [4.69, 9.17) is 0 Å². The molecule has 2 aliphatic rings. The van der Waals surface area contributed by atoms with Crippen LogP contribution in [-0.2, 0) is 5.41 Å². The second kappa shape index (κ2) is 3.89. The van der Waals surface area contributed by atoms with Crippen molar-refractivity contribution in [1.82, 2.24) is 10.2 Å². The Morgan fingerprint density at radius 3 is 2.58 bits per heavy atom. The lowest BCUT2D eigenvalue weighted by Crippen LogP contribution is -2.11. The second-order valence-corrected chi connectivity index (χ2v) is 5.26. The van der Waals surface area contributed by atoms with Gasteiger partial charge >= 0.3 is 0 Å². The normalized spacial score (nSPS) is 27.1. The van der Waals surface area contributed by atoms with Gasteiger partial charge in [0.1, 0.15) is 0 Å². The number of rotatable bonds is 2. The molecule has 0 bridgehead atoms. The maximum absolute atomic E-state index is 4.46. The lowest BCUT2D eigenvalue weighted by Gasteiger charge is -2.12. The minimum atomic E-state index is 0.136. The predicted octanol–water partition coefficient (Wildman–Crippen LogP) is 3.53. The first kappa shape index (κ1) is 10.7. The molecule has 1 heterocycles. The van der Waals surface area contributed by atoms with Crippen LogP contribution >= 0.6 is 0 Å². The molecule has 0 radical (unpaired) electrons. The standard InChI is InChI=1S/C17H14N2/c1-2-6-13(7-3-1)15-9-10-16(19-18-15)17-11-5-4-8-14(17)12-17/h1-11,14H,12H2. The van der Waals surface area contributed by atoms with Gasteiger partial charge in [-0.05, 0) is 24.5 Å². The quantitative estimate of drug-likeness (QED) is 0.810. The SMILES string of the molecule is C1=CC2CC2(c2ccc(-c3ccccc3)nn2)C=C1. The van der Waals surface area contributed by atoms with Crippen molar-refractivity contribution in [1.29, 1.82) is 0 Å². The van der Waals surface area contributed by atoms with Gasteiger partial charge < -0.3 is 0 Å². The van der Waals surface area contributed by atoms with Gasteiger partial charge in [-0.15, -0.1) is 0 Å². The van der Waals surface area contributed by atoms with Gasteiger partial charge in [-0.25, -0.2) is 0 Å². The Labute approximate surface area is 112 Å². The molecule has 92 valence electrons. The zero-order valence-corrected chi connectivity index (χ0v) is 10.5. The summed E-state index contributed by atoms with van der Waals surface area (Å²) in [7, 11) is 0. The smallest absolute Gasteiger partial charge is 0.0929 e. The van der Waals surface area contributed by atoms with Crippen molar-refractivity contribution in [2.75, 3.05) is 0 Å². The third kappa shape index (κ3) is 1.64.